The Kier molecular flexibility index (Phi) is 8.30. The Hall–Kier alpha value is -2.25. The summed E-state index contributed by atoms with van der Waals surface area (Å²) < 4.78 is 0. The lowest BCUT2D eigenvalue weighted by Gasteiger charge is -2.35. The van der Waals surface area contributed by atoms with Crippen LogP contribution in [0.5, 0.6) is 0 Å². The molecule has 3 aliphatic rings. The lowest BCUT2D eigenvalue weighted by molar-refractivity contribution is -0.109. The number of nitrogens with one attached hydrogen (secondary N) is 3. The zero-order chi connectivity index (χ0) is 25.8. The largest absolute Gasteiger partial charge is 0.389 e. The lowest BCUT2D eigenvalue weighted by Crippen LogP contribution is -2.48. The van der Waals surface area contributed by atoms with Crippen LogP contribution in [0.25, 0.3) is 0 Å². The first-order valence-electron chi connectivity index (χ1n) is 14.4. The number of rotatable bonds is 6. The number of aliphatic hydroxyl groups excluding tert-OH is 1. The quantitative estimate of drug-likeness (QED) is 0.379. The van der Waals surface area contributed by atoms with E-state index in [1.54, 1.807) is 19.1 Å². The molecule has 0 spiro atoms. The Morgan fingerprint density at radius 2 is 1.84 bits per heavy atom. The van der Waals surface area contributed by atoms with Crippen molar-refractivity contribution in [2.45, 2.75) is 109 Å². The average molecular weight is 506 g/mol. The molecule has 1 saturated heterocycles. The van der Waals surface area contributed by atoms with Crippen molar-refractivity contribution in [1.82, 2.24) is 16.1 Å². The number of aliphatic hydroxyl groups is 1. The zero-order valence-corrected chi connectivity index (χ0v) is 22.4. The molecule has 1 aliphatic heterocycles. The fraction of sp³-hybridized carbons (Fsp3) is 0.581. The number of fused-ring (bicyclic) bond motifs is 1. The minimum atomic E-state index is -0.594. The standard InChI is InChI=1S/C31H43N3O3/c1-3-31(26-13-8-6-4-5-7-9-14-26)33-29(34-37-31)24-15-17-27-23(20-24)16-18-28(27)32-30(36)25-12-10-11-22(19-25)21(2)35/h10-12,15,17,19-21,26,28-29,33-35H,3-9,13-14,16,18H2,1-2H3,(H,32,36)/t21?,28-,29?,31?/m1/s1. The molecular formula is C31H43N3O3. The third kappa shape index (κ3) is 5.78. The molecule has 2 aliphatic carbocycles. The number of hydrogen-bond donors (Lipinski definition) is 4. The summed E-state index contributed by atoms with van der Waals surface area (Å²) >= 11 is 0. The second-order valence-electron chi connectivity index (χ2n) is 11.3. The molecule has 1 heterocycles. The molecule has 0 aromatic heterocycles. The van der Waals surface area contributed by atoms with Crippen molar-refractivity contribution < 1.29 is 14.7 Å². The summed E-state index contributed by atoms with van der Waals surface area (Å²) in [4.78, 5) is 19.3. The van der Waals surface area contributed by atoms with Crippen LogP contribution in [0.1, 0.15) is 129 Å². The summed E-state index contributed by atoms with van der Waals surface area (Å²) in [6.07, 6.45) is 12.6. The minimum Gasteiger partial charge on any atom is -0.389 e. The van der Waals surface area contributed by atoms with Crippen molar-refractivity contribution in [3.8, 4) is 0 Å². The van der Waals surface area contributed by atoms with Gasteiger partial charge >= 0.3 is 0 Å². The highest BCUT2D eigenvalue weighted by atomic mass is 16.7. The predicted molar refractivity (Wildman–Crippen MR) is 146 cm³/mol. The summed E-state index contributed by atoms with van der Waals surface area (Å²) in [7, 11) is 0. The van der Waals surface area contributed by atoms with Crippen LogP contribution in [0.3, 0.4) is 0 Å². The predicted octanol–water partition coefficient (Wildman–Crippen LogP) is 6.14. The van der Waals surface area contributed by atoms with Gasteiger partial charge in [-0.3, -0.25) is 14.9 Å². The molecule has 37 heavy (non-hydrogen) atoms. The smallest absolute Gasteiger partial charge is 0.251 e. The Labute approximate surface area is 221 Å². The van der Waals surface area contributed by atoms with Gasteiger partial charge < -0.3 is 10.4 Å². The number of carbonyl (C=O) groups is 1. The van der Waals surface area contributed by atoms with Gasteiger partial charge in [0.2, 0.25) is 0 Å². The normalized spacial score (nSPS) is 27.6. The van der Waals surface area contributed by atoms with Gasteiger partial charge in [0.1, 0.15) is 11.9 Å². The van der Waals surface area contributed by atoms with Gasteiger partial charge in [-0.25, -0.2) is 0 Å². The van der Waals surface area contributed by atoms with E-state index in [0.717, 1.165) is 24.8 Å². The maximum Gasteiger partial charge on any atom is 0.251 e. The summed E-state index contributed by atoms with van der Waals surface area (Å²) in [5, 5.41) is 16.9. The Bertz CT molecular complexity index is 1080. The van der Waals surface area contributed by atoms with E-state index in [0.29, 0.717) is 11.5 Å². The number of aryl methyl sites for hydroxylation is 1. The molecule has 1 amide bonds. The number of hydroxylamine groups is 1. The molecule has 2 aromatic rings. The van der Waals surface area contributed by atoms with Crippen LogP contribution in [0, 0.1) is 5.92 Å². The van der Waals surface area contributed by atoms with E-state index in [4.69, 9.17) is 4.84 Å². The second-order valence-corrected chi connectivity index (χ2v) is 11.3. The Morgan fingerprint density at radius 1 is 1.08 bits per heavy atom. The van der Waals surface area contributed by atoms with Crippen molar-refractivity contribution in [3.63, 3.8) is 0 Å². The van der Waals surface area contributed by atoms with E-state index in [-0.39, 0.29) is 23.8 Å². The van der Waals surface area contributed by atoms with Gasteiger partial charge in [-0.1, -0.05) is 75.8 Å². The molecule has 4 atom stereocenters. The molecule has 5 rings (SSSR count). The first kappa shape index (κ1) is 26.4. The van der Waals surface area contributed by atoms with Crippen molar-refractivity contribution >= 4 is 5.91 Å². The van der Waals surface area contributed by atoms with Gasteiger partial charge in [0.15, 0.2) is 0 Å². The zero-order valence-electron chi connectivity index (χ0n) is 22.4. The van der Waals surface area contributed by atoms with Gasteiger partial charge in [-0.2, -0.15) is 5.48 Å². The van der Waals surface area contributed by atoms with Crippen molar-refractivity contribution in [1.29, 1.82) is 0 Å². The fourth-order valence-electron chi connectivity index (χ4n) is 6.53. The van der Waals surface area contributed by atoms with E-state index >= 15 is 0 Å². The molecule has 4 N–H and O–H groups in total. The van der Waals surface area contributed by atoms with Crippen LogP contribution in [0.15, 0.2) is 42.5 Å². The van der Waals surface area contributed by atoms with Crippen molar-refractivity contribution in [2.75, 3.05) is 0 Å². The lowest BCUT2D eigenvalue weighted by atomic mass is 9.84. The maximum absolute atomic E-state index is 13.0. The van der Waals surface area contributed by atoms with Crippen LogP contribution in [-0.4, -0.2) is 16.7 Å². The summed E-state index contributed by atoms with van der Waals surface area (Å²) in [5.41, 5.74) is 8.03. The number of benzene rings is 2. The van der Waals surface area contributed by atoms with E-state index in [1.165, 1.54) is 68.1 Å². The maximum atomic E-state index is 13.0. The van der Waals surface area contributed by atoms with E-state index in [9.17, 15) is 9.90 Å². The molecule has 2 fully saturated rings. The molecule has 0 radical (unpaired) electrons. The molecule has 6 heteroatoms. The van der Waals surface area contributed by atoms with Crippen LogP contribution >= 0.6 is 0 Å². The van der Waals surface area contributed by atoms with Gasteiger partial charge in [0.25, 0.3) is 5.91 Å². The Morgan fingerprint density at radius 3 is 2.57 bits per heavy atom. The molecule has 2 aromatic carbocycles. The third-order valence-corrected chi connectivity index (χ3v) is 8.80. The first-order chi connectivity index (χ1) is 18.0. The monoisotopic (exact) mass is 505 g/mol. The molecule has 1 saturated carbocycles. The van der Waals surface area contributed by atoms with E-state index in [1.807, 2.05) is 12.1 Å². The summed E-state index contributed by atoms with van der Waals surface area (Å²) in [5.74, 6) is 0.425. The second kappa shape index (κ2) is 11.6. The minimum absolute atomic E-state index is 0.00101. The van der Waals surface area contributed by atoms with Crippen molar-refractivity contribution in [2.24, 2.45) is 5.92 Å². The first-order valence-corrected chi connectivity index (χ1v) is 14.4. The van der Waals surface area contributed by atoms with Crippen LogP contribution < -0.4 is 16.1 Å². The highest BCUT2D eigenvalue weighted by Crippen LogP contribution is 2.39. The average Bonchev–Trinajstić information content (AvgIpc) is 3.56. The van der Waals surface area contributed by atoms with Gasteiger partial charge in [-0.15, -0.1) is 0 Å². The SMILES string of the molecule is CCC1(C2CCCCCCCC2)NC(c2ccc3c(c2)CC[C@H]3NC(=O)c2cccc(C(C)O)c2)NO1. The Balaban J connectivity index is 1.26. The highest BCUT2D eigenvalue weighted by Gasteiger charge is 2.45. The molecule has 0 bridgehead atoms. The summed E-state index contributed by atoms with van der Waals surface area (Å²) in [6.45, 7) is 3.95. The molecule has 200 valence electrons. The van der Waals surface area contributed by atoms with Gasteiger partial charge in [0.05, 0.1) is 12.1 Å². The molecule has 6 nitrogen and oxygen atoms in total. The van der Waals surface area contributed by atoms with Crippen LogP contribution in [-0.2, 0) is 11.3 Å². The fourth-order valence-corrected chi connectivity index (χ4v) is 6.53. The molecule has 3 unspecified atom stereocenters. The van der Waals surface area contributed by atoms with E-state index < -0.39 is 6.10 Å². The molecular weight excluding hydrogens is 462 g/mol. The van der Waals surface area contributed by atoms with E-state index in [2.05, 4.69) is 41.2 Å². The number of amides is 1. The number of carbonyl (C=O) groups excluding carboxylic acids is 1. The highest BCUT2D eigenvalue weighted by molar-refractivity contribution is 5.94. The number of hydrogen-bond acceptors (Lipinski definition) is 5. The van der Waals surface area contributed by atoms with Gasteiger partial charge in [0, 0.05) is 11.5 Å². The third-order valence-electron chi connectivity index (χ3n) is 8.80. The summed E-state index contributed by atoms with van der Waals surface area (Å²) in [6, 6.07) is 13.9. The van der Waals surface area contributed by atoms with Gasteiger partial charge in [-0.05, 0) is 73.4 Å². The van der Waals surface area contributed by atoms with Crippen LogP contribution in [0.2, 0.25) is 0 Å². The topological polar surface area (TPSA) is 82.6 Å². The van der Waals surface area contributed by atoms with Crippen LogP contribution in [0.4, 0.5) is 0 Å². The van der Waals surface area contributed by atoms with Crippen molar-refractivity contribution in [3.05, 3.63) is 70.3 Å².